The van der Waals surface area contributed by atoms with E-state index < -0.39 is 0 Å². The summed E-state index contributed by atoms with van der Waals surface area (Å²) in [6.07, 6.45) is 17.1. The fraction of sp³-hybridized carbons (Fsp3) is 0.579. The number of nitrogens with zero attached hydrogens (tertiary/aromatic N) is 3. The molecular formula is C38H57N5. The fourth-order valence-corrected chi connectivity index (χ4v) is 5.94. The van der Waals surface area contributed by atoms with Crippen molar-refractivity contribution in [3.63, 3.8) is 0 Å². The van der Waals surface area contributed by atoms with Crippen LogP contribution in [0.5, 0.6) is 0 Å². The van der Waals surface area contributed by atoms with Crippen LogP contribution in [0.25, 0.3) is 21.9 Å². The Kier molecular flexibility index (Phi) is 12.9. The number of nitrogens with one attached hydrogen (secondary N) is 2. The van der Waals surface area contributed by atoms with E-state index in [1.165, 1.54) is 86.2 Å². The van der Waals surface area contributed by atoms with Crippen molar-refractivity contribution < 1.29 is 0 Å². The molecule has 0 fully saturated rings. The van der Waals surface area contributed by atoms with Crippen LogP contribution in [0.3, 0.4) is 0 Å². The van der Waals surface area contributed by atoms with Crippen molar-refractivity contribution in [2.45, 2.75) is 137 Å². The molecule has 0 saturated heterocycles. The summed E-state index contributed by atoms with van der Waals surface area (Å²) in [5.41, 5.74) is 5.73. The van der Waals surface area contributed by atoms with Gasteiger partial charge in [0.15, 0.2) is 5.82 Å². The average Bonchev–Trinajstić information content (AvgIpc) is 3.35. The third-order valence-corrected chi connectivity index (χ3v) is 8.31. The van der Waals surface area contributed by atoms with Gasteiger partial charge in [0.25, 0.3) is 0 Å². The first-order valence-electron chi connectivity index (χ1n) is 17.2. The van der Waals surface area contributed by atoms with Crippen LogP contribution in [0.15, 0.2) is 48.5 Å². The molecule has 0 unspecified atom stereocenters. The SMILES string of the molecule is CCCCCCCCCCCCNCc1ccc(Cn2c(CCCC)nc3c(NC(C)(C)C)nc4ccccc4c32)cc1. The molecule has 0 aliphatic heterocycles. The third-order valence-electron chi connectivity index (χ3n) is 8.31. The van der Waals surface area contributed by atoms with Crippen molar-refractivity contribution in [1.82, 2.24) is 19.9 Å². The lowest BCUT2D eigenvalue weighted by Gasteiger charge is -2.22. The Balaban J connectivity index is 1.38. The van der Waals surface area contributed by atoms with E-state index in [-0.39, 0.29) is 5.54 Å². The summed E-state index contributed by atoms with van der Waals surface area (Å²) < 4.78 is 2.45. The molecule has 0 radical (unpaired) electrons. The highest BCUT2D eigenvalue weighted by Crippen LogP contribution is 2.32. The van der Waals surface area contributed by atoms with Crippen molar-refractivity contribution in [1.29, 1.82) is 0 Å². The number of anilines is 1. The Morgan fingerprint density at radius 1 is 0.698 bits per heavy atom. The highest BCUT2D eigenvalue weighted by molar-refractivity contribution is 6.07. The van der Waals surface area contributed by atoms with Gasteiger partial charge in [0.05, 0.1) is 11.0 Å². The van der Waals surface area contributed by atoms with Crippen LogP contribution >= 0.6 is 0 Å². The van der Waals surface area contributed by atoms with Crippen LogP contribution in [-0.4, -0.2) is 26.6 Å². The quantitative estimate of drug-likeness (QED) is 0.108. The Bertz CT molecular complexity index is 1380. The second-order valence-electron chi connectivity index (χ2n) is 13.4. The molecule has 0 bridgehead atoms. The molecule has 0 amide bonds. The minimum atomic E-state index is -0.104. The number of rotatable bonds is 19. The Morgan fingerprint density at radius 3 is 2.00 bits per heavy atom. The van der Waals surface area contributed by atoms with E-state index in [0.29, 0.717) is 0 Å². The maximum Gasteiger partial charge on any atom is 0.155 e. The molecule has 5 heteroatoms. The fourth-order valence-electron chi connectivity index (χ4n) is 5.94. The van der Waals surface area contributed by atoms with Gasteiger partial charge >= 0.3 is 0 Å². The molecule has 0 saturated carbocycles. The van der Waals surface area contributed by atoms with Crippen LogP contribution in [-0.2, 0) is 19.5 Å². The first-order chi connectivity index (χ1) is 20.9. The number of aromatic nitrogens is 3. The molecular weight excluding hydrogens is 526 g/mol. The standard InChI is InChI=1S/C38H57N5/c1-6-8-10-11-12-13-14-15-16-19-27-39-28-30-23-25-31(26-24-30)29-43-34(22-9-7-2)41-35-36(43)32-20-17-18-21-33(32)40-37(35)42-38(3,4)5/h17-18,20-21,23-26,39H,6-16,19,22,27-29H2,1-5H3,(H,40,42). The molecule has 0 aliphatic carbocycles. The van der Waals surface area contributed by atoms with Gasteiger partial charge in [0.2, 0.25) is 0 Å². The number of para-hydroxylation sites is 1. The molecule has 0 spiro atoms. The largest absolute Gasteiger partial charge is 0.364 e. The topological polar surface area (TPSA) is 54.8 Å². The zero-order valence-corrected chi connectivity index (χ0v) is 27.8. The van der Waals surface area contributed by atoms with Crippen LogP contribution in [0.4, 0.5) is 5.82 Å². The van der Waals surface area contributed by atoms with Gasteiger partial charge in [-0.1, -0.05) is 121 Å². The zero-order valence-electron chi connectivity index (χ0n) is 27.8. The van der Waals surface area contributed by atoms with Crippen molar-refractivity contribution in [2.75, 3.05) is 11.9 Å². The highest BCUT2D eigenvalue weighted by Gasteiger charge is 2.21. The van der Waals surface area contributed by atoms with Gasteiger partial charge in [-0.25, -0.2) is 9.97 Å². The van der Waals surface area contributed by atoms with Gasteiger partial charge in [0.1, 0.15) is 11.3 Å². The van der Waals surface area contributed by atoms with Gasteiger partial charge in [-0.3, -0.25) is 0 Å². The number of benzene rings is 2. The number of imidazole rings is 1. The normalized spacial score (nSPS) is 12.0. The van der Waals surface area contributed by atoms with E-state index in [2.05, 4.69) is 98.4 Å². The number of unbranched alkanes of at least 4 members (excludes halogenated alkanes) is 10. The number of aryl methyl sites for hydroxylation is 1. The minimum absolute atomic E-state index is 0.104. The molecule has 2 aromatic carbocycles. The number of hydrogen-bond donors (Lipinski definition) is 2. The predicted molar refractivity (Wildman–Crippen MR) is 186 cm³/mol. The molecule has 2 heterocycles. The maximum absolute atomic E-state index is 5.22. The third kappa shape index (κ3) is 10.1. The van der Waals surface area contributed by atoms with E-state index in [1.54, 1.807) is 0 Å². The molecule has 2 aromatic heterocycles. The molecule has 43 heavy (non-hydrogen) atoms. The summed E-state index contributed by atoms with van der Waals surface area (Å²) >= 11 is 0. The summed E-state index contributed by atoms with van der Waals surface area (Å²) in [6.45, 7) is 13.9. The van der Waals surface area contributed by atoms with E-state index in [9.17, 15) is 0 Å². The zero-order chi connectivity index (χ0) is 30.5. The monoisotopic (exact) mass is 583 g/mol. The summed E-state index contributed by atoms with van der Waals surface area (Å²) in [6, 6.07) is 17.7. The maximum atomic E-state index is 5.22. The molecule has 234 valence electrons. The second kappa shape index (κ2) is 16.8. The van der Waals surface area contributed by atoms with Crippen LogP contribution in [0.2, 0.25) is 0 Å². The van der Waals surface area contributed by atoms with Crippen molar-refractivity contribution in [3.8, 4) is 0 Å². The van der Waals surface area contributed by atoms with Crippen molar-refractivity contribution in [3.05, 3.63) is 65.5 Å². The summed E-state index contributed by atoms with van der Waals surface area (Å²) in [7, 11) is 0. The Labute approximate surface area is 261 Å². The van der Waals surface area contributed by atoms with Crippen LogP contribution in [0.1, 0.15) is 129 Å². The minimum Gasteiger partial charge on any atom is -0.364 e. The summed E-state index contributed by atoms with van der Waals surface area (Å²) in [4.78, 5) is 10.2. The molecule has 2 N–H and O–H groups in total. The van der Waals surface area contributed by atoms with Crippen LogP contribution in [0, 0.1) is 0 Å². The second-order valence-corrected chi connectivity index (χ2v) is 13.4. The number of hydrogen-bond acceptors (Lipinski definition) is 4. The highest BCUT2D eigenvalue weighted by atomic mass is 15.1. The smallest absolute Gasteiger partial charge is 0.155 e. The van der Waals surface area contributed by atoms with Gasteiger partial charge in [-0.05, 0) is 57.4 Å². The van der Waals surface area contributed by atoms with Gasteiger partial charge < -0.3 is 15.2 Å². The van der Waals surface area contributed by atoms with Gasteiger partial charge in [0, 0.05) is 30.4 Å². The first-order valence-corrected chi connectivity index (χ1v) is 17.2. The number of fused-ring (bicyclic) bond motifs is 3. The van der Waals surface area contributed by atoms with Crippen molar-refractivity contribution in [2.24, 2.45) is 0 Å². The lowest BCUT2D eigenvalue weighted by Crippen LogP contribution is -2.26. The molecule has 4 aromatic rings. The van der Waals surface area contributed by atoms with E-state index >= 15 is 0 Å². The van der Waals surface area contributed by atoms with E-state index in [0.717, 1.165) is 61.6 Å². The summed E-state index contributed by atoms with van der Waals surface area (Å²) in [5.74, 6) is 2.02. The molecule has 0 atom stereocenters. The Hall–Kier alpha value is -2.92. The summed E-state index contributed by atoms with van der Waals surface area (Å²) in [5, 5.41) is 8.47. The lowest BCUT2D eigenvalue weighted by atomic mass is 10.1. The van der Waals surface area contributed by atoms with Crippen molar-refractivity contribution >= 4 is 27.8 Å². The first kappa shape index (κ1) is 33.0. The molecule has 5 nitrogen and oxygen atoms in total. The van der Waals surface area contributed by atoms with E-state index in [4.69, 9.17) is 9.97 Å². The van der Waals surface area contributed by atoms with Crippen LogP contribution < -0.4 is 10.6 Å². The van der Waals surface area contributed by atoms with Gasteiger partial charge in [-0.15, -0.1) is 0 Å². The lowest BCUT2D eigenvalue weighted by molar-refractivity contribution is 0.543. The average molecular weight is 584 g/mol. The molecule has 0 aliphatic rings. The molecule has 4 rings (SSSR count). The number of pyridine rings is 1. The predicted octanol–water partition coefficient (Wildman–Crippen LogP) is 10.2. The Morgan fingerprint density at radius 2 is 1.33 bits per heavy atom. The van der Waals surface area contributed by atoms with Gasteiger partial charge in [-0.2, -0.15) is 0 Å². The van der Waals surface area contributed by atoms with E-state index in [1.807, 2.05) is 0 Å².